The van der Waals surface area contributed by atoms with Crippen LogP contribution in [-0.2, 0) is 16.1 Å². The van der Waals surface area contributed by atoms with Crippen molar-refractivity contribution in [2.45, 2.75) is 19.4 Å². The van der Waals surface area contributed by atoms with Crippen LogP contribution in [0, 0.1) is 5.92 Å². The standard InChI is InChI=1S/C22H25N3O3/c26-15-14-25(22(27)28-17-19-6-2-1-3-7-19)13-5-9-20-8-4-10-21(24-20)23-16-18-11-12-18/h1-10,15,18H,11-14,16-17H2,(H,23,24). The number of nitrogens with one attached hydrogen (secondary N) is 1. The van der Waals surface area contributed by atoms with Crippen LogP contribution >= 0.6 is 0 Å². The summed E-state index contributed by atoms with van der Waals surface area (Å²) >= 11 is 0. The number of benzene rings is 1. The van der Waals surface area contributed by atoms with E-state index in [2.05, 4.69) is 10.3 Å². The number of pyridine rings is 1. The Bertz CT molecular complexity index is 804. The Labute approximate surface area is 165 Å². The summed E-state index contributed by atoms with van der Waals surface area (Å²) in [7, 11) is 0. The molecule has 6 nitrogen and oxygen atoms in total. The Hall–Kier alpha value is -3.15. The van der Waals surface area contributed by atoms with Gasteiger partial charge in [0.2, 0.25) is 0 Å². The number of amides is 1. The van der Waals surface area contributed by atoms with E-state index in [1.807, 2.05) is 54.6 Å². The van der Waals surface area contributed by atoms with Gasteiger partial charge >= 0.3 is 6.09 Å². The highest BCUT2D eigenvalue weighted by atomic mass is 16.6. The van der Waals surface area contributed by atoms with Crippen LogP contribution < -0.4 is 5.32 Å². The van der Waals surface area contributed by atoms with Crippen LogP contribution in [0.15, 0.2) is 54.6 Å². The molecule has 0 atom stereocenters. The molecule has 1 fully saturated rings. The quantitative estimate of drug-likeness (QED) is 0.637. The molecule has 0 saturated heterocycles. The molecular weight excluding hydrogens is 354 g/mol. The number of hydrogen-bond donors (Lipinski definition) is 1. The van der Waals surface area contributed by atoms with Crippen molar-refractivity contribution >= 4 is 24.3 Å². The average Bonchev–Trinajstić information content (AvgIpc) is 3.55. The van der Waals surface area contributed by atoms with Gasteiger partial charge in [-0.15, -0.1) is 0 Å². The van der Waals surface area contributed by atoms with Crippen molar-refractivity contribution in [2.75, 3.05) is 25.0 Å². The molecule has 6 heteroatoms. The zero-order valence-electron chi connectivity index (χ0n) is 15.8. The molecule has 1 amide bonds. The van der Waals surface area contributed by atoms with Gasteiger partial charge in [-0.3, -0.25) is 4.90 Å². The van der Waals surface area contributed by atoms with E-state index in [4.69, 9.17) is 4.74 Å². The van der Waals surface area contributed by atoms with Crippen LogP contribution in [-0.4, -0.2) is 41.9 Å². The zero-order valence-corrected chi connectivity index (χ0v) is 15.8. The maximum absolute atomic E-state index is 12.2. The van der Waals surface area contributed by atoms with Gasteiger partial charge in [0, 0.05) is 13.1 Å². The van der Waals surface area contributed by atoms with Crippen LogP contribution in [0.1, 0.15) is 24.1 Å². The van der Waals surface area contributed by atoms with Gasteiger partial charge < -0.3 is 14.8 Å². The lowest BCUT2D eigenvalue weighted by molar-refractivity contribution is -0.108. The number of aldehydes is 1. The van der Waals surface area contributed by atoms with Crippen LogP contribution in [0.25, 0.3) is 6.08 Å². The Morgan fingerprint density at radius 1 is 1.14 bits per heavy atom. The number of aromatic nitrogens is 1. The van der Waals surface area contributed by atoms with Crippen LogP contribution in [0.4, 0.5) is 10.6 Å². The normalized spacial score (nSPS) is 13.3. The highest BCUT2D eigenvalue weighted by molar-refractivity contribution is 5.71. The molecule has 3 rings (SSSR count). The van der Waals surface area contributed by atoms with E-state index in [0.717, 1.165) is 29.5 Å². The predicted molar refractivity (Wildman–Crippen MR) is 109 cm³/mol. The highest BCUT2D eigenvalue weighted by Gasteiger charge is 2.20. The van der Waals surface area contributed by atoms with E-state index in [1.54, 1.807) is 6.08 Å². The van der Waals surface area contributed by atoms with E-state index in [-0.39, 0.29) is 19.7 Å². The summed E-state index contributed by atoms with van der Waals surface area (Å²) in [5.74, 6) is 1.63. The Balaban J connectivity index is 1.51. The molecule has 28 heavy (non-hydrogen) atoms. The maximum atomic E-state index is 12.2. The molecule has 1 N–H and O–H groups in total. The van der Waals surface area contributed by atoms with Crippen molar-refractivity contribution in [1.82, 2.24) is 9.88 Å². The van der Waals surface area contributed by atoms with E-state index in [0.29, 0.717) is 6.29 Å². The number of nitrogens with zero attached hydrogens (tertiary/aromatic N) is 2. The minimum Gasteiger partial charge on any atom is -0.445 e. The van der Waals surface area contributed by atoms with E-state index in [9.17, 15) is 9.59 Å². The molecule has 1 aliphatic rings. The minimum atomic E-state index is -0.520. The SMILES string of the molecule is O=CCN(CC=Cc1cccc(NCC2CC2)n1)C(=O)OCc1ccccc1. The molecule has 0 aliphatic heterocycles. The molecule has 2 aromatic rings. The molecule has 0 radical (unpaired) electrons. The molecular formula is C22H25N3O3. The van der Waals surface area contributed by atoms with Gasteiger partial charge in [0.15, 0.2) is 0 Å². The Morgan fingerprint density at radius 2 is 1.96 bits per heavy atom. The summed E-state index contributed by atoms with van der Waals surface area (Å²) in [5.41, 5.74) is 1.70. The first-order valence-corrected chi connectivity index (χ1v) is 9.51. The lowest BCUT2D eigenvalue weighted by Crippen LogP contribution is -2.33. The summed E-state index contributed by atoms with van der Waals surface area (Å²) in [5, 5.41) is 3.34. The van der Waals surface area contributed by atoms with Gasteiger partial charge in [-0.25, -0.2) is 9.78 Å². The number of carbonyl (C=O) groups is 2. The molecule has 1 aromatic heterocycles. The van der Waals surface area contributed by atoms with E-state index >= 15 is 0 Å². The van der Waals surface area contributed by atoms with Gasteiger partial charge in [0.25, 0.3) is 0 Å². The van der Waals surface area contributed by atoms with Crippen LogP contribution in [0.2, 0.25) is 0 Å². The van der Waals surface area contributed by atoms with Crippen molar-refractivity contribution in [1.29, 1.82) is 0 Å². The second-order valence-corrected chi connectivity index (χ2v) is 6.79. The molecule has 1 aromatic carbocycles. The average molecular weight is 379 g/mol. The lowest BCUT2D eigenvalue weighted by atomic mass is 10.2. The number of ether oxygens (including phenoxy) is 1. The summed E-state index contributed by atoms with van der Waals surface area (Å²) in [6.45, 7) is 1.39. The monoisotopic (exact) mass is 379 g/mol. The molecule has 0 unspecified atom stereocenters. The first-order chi connectivity index (χ1) is 13.7. The zero-order chi connectivity index (χ0) is 19.6. The third-order valence-corrected chi connectivity index (χ3v) is 4.41. The molecule has 1 heterocycles. The second kappa shape index (κ2) is 10.3. The number of anilines is 1. The maximum Gasteiger partial charge on any atom is 0.410 e. The highest BCUT2D eigenvalue weighted by Crippen LogP contribution is 2.28. The fourth-order valence-corrected chi connectivity index (χ4v) is 2.64. The van der Waals surface area contributed by atoms with Crippen molar-refractivity contribution in [3.05, 3.63) is 65.9 Å². The van der Waals surface area contributed by atoms with Gasteiger partial charge in [0.05, 0.1) is 12.2 Å². The van der Waals surface area contributed by atoms with Crippen LogP contribution in [0.5, 0.6) is 0 Å². The molecule has 1 saturated carbocycles. The van der Waals surface area contributed by atoms with Crippen molar-refractivity contribution < 1.29 is 14.3 Å². The van der Waals surface area contributed by atoms with Crippen molar-refractivity contribution in [2.24, 2.45) is 5.92 Å². The van der Waals surface area contributed by atoms with Gasteiger partial charge in [0.1, 0.15) is 18.7 Å². The third kappa shape index (κ3) is 6.54. The van der Waals surface area contributed by atoms with Crippen LogP contribution in [0.3, 0.4) is 0 Å². The second-order valence-electron chi connectivity index (χ2n) is 6.79. The molecule has 146 valence electrons. The number of hydrogen-bond acceptors (Lipinski definition) is 5. The Kier molecular flexibility index (Phi) is 7.18. The summed E-state index contributed by atoms with van der Waals surface area (Å²) < 4.78 is 5.29. The molecule has 0 spiro atoms. The fraction of sp³-hybridized carbons (Fsp3) is 0.318. The third-order valence-electron chi connectivity index (χ3n) is 4.41. The summed E-state index contributed by atoms with van der Waals surface area (Å²) in [6, 6.07) is 15.2. The number of carbonyl (C=O) groups excluding carboxylic acids is 2. The Morgan fingerprint density at radius 3 is 2.71 bits per heavy atom. The molecule has 1 aliphatic carbocycles. The first-order valence-electron chi connectivity index (χ1n) is 9.51. The van der Waals surface area contributed by atoms with Gasteiger partial charge in [-0.1, -0.05) is 42.5 Å². The first kappa shape index (κ1) is 19.6. The minimum absolute atomic E-state index is 0.0195. The molecule has 0 bridgehead atoms. The predicted octanol–water partition coefficient (Wildman–Crippen LogP) is 3.75. The lowest BCUT2D eigenvalue weighted by Gasteiger charge is -2.18. The summed E-state index contributed by atoms with van der Waals surface area (Å²) in [4.78, 5) is 29.0. The van der Waals surface area contributed by atoms with Gasteiger partial charge in [-0.05, 0) is 42.5 Å². The van der Waals surface area contributed by atoms with Crippen molar-refractivity contribution in [3.8, 4) is 0 Å². The largest absolute Gasteiger partial charge is 0.445 e. The summed E-state index contributed by atoms with van der Waals surface area (Å²) in [6.07, 6.45) is 6.40. The smallest absolute Gasteiger partial charge is 0.410 e. The van der Waals surface area contributed by atoms with Crippen molar-refractivity contribution in [3.63, 3.8) is 0 Å². The topological polar surface area (TPSA) is 71.5 Å². The number of rotatable bonds is 10. The van der Waals surface area contributed by atoms with E-state index in [1.165, 1.54) is 17.7 Å². The van der Waals surface area contributed by atoms with E-state index < -0.39 is 6.09 Å². The van der Waals surface area contributed by atoms with Gasteiger partial charge in [-0.2, -0.15) is 0 Å². The fourth-order valence-electron chi connectivity index (χ4n) is 2.64.